The number of carboxylic acid groups (broad SMARTS) is 1. The molecule has 0 radical (unpaired) electrons. The summed E-state index contributed by atoms with van der Waals surface area (Å²) in [6.07, 6.45) is 0.449. The Labute approximate surface area is 163 Å². The molecule has 0 bridgehead atoms. The number of aliphatic carboxylic acids is 1. The monoisotopic (exact) mass is 396 g/mol. The lowest BCUT2D eigenvalue weighted by atomic mass is 10.1. The third-order valence-corrected chi connectivity index (χ3v) is 4.78. The molecule has 1 heterocycles. The molecule has 2 N–H and O–H groups in total. The molecular formula is C19H25ClN2O5. The van der Waals surface area contributed by atoms with Crippen LogP contribution in [0.2, 0.25) is 5.02 Å². The quantitative estimate of drug-likeness (QED) is 0.738. The third-order valence-electron chi connectivity index (χ3n) is 4.45. The number of likely N-dealkylation sites (tertiary alicyclic amines) is 1. The topological polar surface area (TPSA) is 95.9 Å². The number of rotatable bonds is 7. The van der Waals surface area contributed by atoms with Gasteiger partial charge in [0.25, 0.3) is 5.91 Å². The number of hydrogen-bond donors (Lipinski definition) is 2. The van der Waals surface area contributed by atoms with Gasteiger partial charge in [0, 0.05) is 31.8 Å². The molecule has 1 aromatic rings. The van der Waals surface area contributed by atoms with Crippen LogP contribution in [0.5, 0.6) is 0 Å². The van der Waals surface area contributed by atoms with Gasteiger partial charge in [-0.25, -0.2) is 0 Å². The van der Waals surface area contributed by atoms with E-state index in [1.165, 1.54) is 18.1 Å². The molecule has 1 aliphatic rings. The van der Waals surface area contributed by atoms with Crippen LogP contribution in [-0.2, 0) is 14.3 Å². The summed E-state index contributed by atoms with van der Waals surface area (Å²) in [5, 5.41) is 12.1. The Kier molecular flexibility index (Phi) is 7.21. The lowest BCUT2D eigenvalue weighted by molar-refractivity contribution is -0.138. The first kappa shape index (κ1) is 21.2. The molecule has 0 spiro atoms. The largest absolute Gasteiger partial charge is 0.481 e. The number of carbonyl (C=O) groups is 3. The minimum Gasteiger partial charge on any atom is -0.481 e. The smallest absolute Gasteiger partial charge is 0.305 e. The van der Waals surface area contributed by atoms with E-state index in [1.807, 2.05) is 13.8 Å². The second kappa shape index (κ2) is 9.19. The van der Waals surface area contributed by atoms with E-state index in [-0.39, 0.29) is 40.8 Å². The molecule has 7 nitrogen and oxygen atoms in total. The van der Waals surface area contributed by atoms with Gasteiger partial charge in [-0.3, -0.25) is 14.4 Å². The summed E-state index contributed by atoms with van der Waals surface area (Å²) in [6, 6.07) is 4.25. The molecule has 0 saturated carbocycles. The molecule has 1 aliphatic heterocycles. The molecule has 0 aromatic heterocycles. The van der Waals surface area contributed by atoms with Crippen LogP contribution in [0.4, 0.5) is 5.69 Å². The molecule has 1 aromatic carbocycles. The van der Waals surface area contributed by atoms with Crippen molar-refractivity contribution < 1.29 is 24.2 Å². The minimum absolute atomic E-state index is 0.143. The average Bonchev–Trinajstić information content (AvgIpc) is 2.97. The maximum absolute atomic E-state index is 13.0. The van der Waals surface area contributed by atoms with E-state index in [4.69, 9.17) is 21.4 Å². The Bertz CT molecular complexity index is 722. The molecule has 1 fully saturated rings. The third kappa shape index (κ3) is 5.68. The molecule has 2 rings (SSSR count). The van der Waals surface area contributed by atoms with Crippen LogP contribution in [-0.4, -0.2) is 53.6 Å². The Morgan fingerprint density at radius 3 is 2.67 bits per heavy atom. The zero-order valence-corrected chi connectivity index (χ0v) is 16.5. The van der Waals surface area contributed by atoms with Gasteiger partial charge >= 0.3 is 5.97 Å². The van der Waals surface area contributed by atoms with Crippen LogP contribution >= 0.6 is 11.6 Å². The molecule has 2 unspecified atom stereocenters. The number of amides is 2. The Morgan fingerprint density at radius 2 is 2.07 bits per heavy atom. The predicted octanol–water partition coefficient (Wildman–Crippen LogP) is 3.03. The molecule has 8 heteroatoms. The number of hydrogen-bond acceptors (Lipinski definition) is 4. The zero-order valence-electron chi connectivity index (χ0n) is 15.7. The van der Waals surface area contributed by atoms with Gasteiger partial charge < -0.3 is 20.1 Å². The molecular weight excluding hydrogens is 372 g/mol. The Balaban J connectivity index is 2.22. The first-order valence-electron chi connectivity index (χ1n) is 8.86. The molecule has 2 amide bonds. The van der Waals surface area contributed by atoms with Crippen LogP contribution in [0.25, 0.3) is 0 Å². The number of carboxylic acids is 1. The summed E-state index contributed by atoms with van der Waals surface area (Å²) in [5.41, 5.74) is 0.705. The summed E-state index contributed by atoms with van der Waals surface area (Å²) < 4.78 is 5.31. The van der Waals surface area contributed by atoms with E-state index < -0.39 is 12.0 Å². The lowest BCUT2D eigenvalue weighted by Gasteiger charge is -2.24. The predicted molar refractivity (Wildman–Crippen MR) is 102 cm³/mol. The first-order valence-corrected chi connectivity index (χ1v) is 9.24. The van der Waals surface area contributed by atoms with Crippen LogP contribution < -0.4 is 5.32 Å². The van der Waals surface area contributed by atoms with Crippen molar-refractivity contribution in [2.75, 3.05) is 19.0 Å². The standard InChI is InChI=1S/C19H25ClN2O5/c1-11(2)6-17(23)21-12-4-5-16(20)15(7-12)19(26)22-10-14(27-3)8-13(22)9-18(24)25/h4-5,7,11,13-14H,6,8-10H2,1-3H3,(H,21,23)(H,24,25). The van der Waals surface area contributed by atoms with Crippen LogP contribution in [0.15, 0.2) is 18.2 Å². The summed E-state index contributed by atoms with van der Waals surface area (Å²) in [5.74, 6) is -1.28. The average molecular weight is 397 g/mol. The van der Waals surface area contributed by atoms with Crippen molar-refractivity contribution in [3.8, 4) is 0 Å². The second-order valence-electron chi connectivity index (χ2n) is 7.14. The van der Waals surface area contributed by atoms with Crippen molar-refractivity contribution in [1.29, 1.82) is 0 Å². The highest BCUT2D eigenvalue weighted by Crippen LogP contribution is 2.28. The summed E-state index contributed by atoms with van der Waals surface area (Å²) in [6.45, 7) is 4.19. The Hall–Kier alpha value is -2.12. The first-order chi connectivity index (χ1) is 12.7. The number of benzene rings is 1. The number of halogens is 1. The number of methoxy groups -OCH3 is 1. The van der Waals surface area contributed by atoms with E-state index in [2.05, 4.69) is 5.32 Å². The number of nitrogens with zero attached hydrogens (tertiary/aromatic N) is 1. The lowest BCUT2D eigenvalue weighted by Crippen LogP contribution is -2.37. The van der Waals surface area contributed by atoms with Gasteiger partial charge in [-0.05, 0) is 30.5 Å². The van der Waals surface area contributed by atoms with E-state index in [0.717, 1.165) is 0 Å². The highest BCUT2D eigenvalue weighted by molar-refractivity contribution is 6.34. The van der Waals surface area contributed by atoms with E-state index in [1.54, 1.807) is 12.1 Å². The number of nitrogens with one attached hydrogen (secondary N) is 1. The fraction of sp³-hybridized carbons (Fsp3) is 0.526. The van der Waals surface area contributed by atoms with Crippen LogP contribution in [0, 0.1) is 5.92 Å². The summed E-state index contributed by atoms with van der Waals surface area (Å²) >= 11 is 6.21. The van der Waals surface area contributed by atoms with Crippen molar-refractivity contribution >= 4 is 35.1 Å². The van der Waals surface area contributed by atoms with Gasteiger partial charge in [-0.2, -0.15) is 0 Å². The molecule has 148 valence electrons. The van der Waals surface area contributed by atoms with Crippen LogP contribution in [0.3, 0.4) is 0 Å². The highest BCUT2D eigenvalue weighted by Gasteiger charge is 2.37. The highest BCUT2D eigenvalue weighted by atomic mass is 35.5. The van der Waals surface area contributed by atoms with Gasteiger partial charge in [0.1, 0.15) is 0 Å². The minimum atomic E-state index is -0.977. The maximum Gasteiger partial charge on any atom is 0.305 e. The van der Waals surface area contributed by atoms with Crippen molar-refractivity contribution in [3.63, 3.8) is 0 Å². The number of carbonyl (C=O) groups excluding carboxylic acids is 2. The van der Waals surface area contributed by atoms with E-state index >= 15 is 0 Å². The SMILES string of the molecule is COC1CC(CC(=O)O)N(C(=O)c2cc(NC(=O)CC(C)C)ccc2Cl)C1. The molecule has 2 atom stereocenters. The maximum atomic E-state index is 13.0. The van der Waals surface area contributed by atoms with Gasteiger partial charge in [0.05, 0.1) is 23.1 Å². The van der Waals surface area contributed by atoms with Gasteiger partial charge in [0.2, 0.25) is 5.91 Å². The molecule has 27 heavy (non-hydrogen) atoms. The van der Waals surface area contributed by atoms with Gasteiger partial charge in [-0.1, -0.05) is 25.4 Å². The fourth-order valence-corrected chi connectivity index (χ4v) is 3.39. The molecule has 0 aliphatic carbocycles. The van der Waals surface area contributed by atoms with Crippen molar-refractivity contribution in [1.82, 2.24) is 4.90 Å². The normalized spacial score (nSPS) is 19.4. The van der Waals surface area contributed by atoms with Crippen molar-refractivity contribution in [3.05, 3.63) is 28.8 Å². The van der Waals surface area contributed by atoms with Crippen LogP contribution in [0.1, 0.15) is 43.5 Å². The Morgan fingerprint density at radius 1 is 1.37 bits per heavy atom. The summed E-state index contributed by atoms with van der Waals surface area (Å²) in [7, 11) is 1.54. The van der Waals surface area contributed by atoms with Gasteiger partial charge in [-0.15, -0.1) is 0 Å². The second-order valence-corrected chi connectivity index (χ2v) is 7.55. The van der Waals surface area contributed by atoms with E-state index in [9.17, 15) is 14.4 Å². The molecule has 1 saturated heterocycles. The van der Waals surface area contributed by atoms with Gasteiger partial charge in [0.15, 0.2) is 0 Å². The number of anilines is 1. The zero-order chi connectivity index (χ0) is 20.1. The fourth-order valence-electron chi connectivity index (χ4n) is 3.19. The van der Waals surface area contributed by atoms with Crippen molar-refractivity contribution in [2.24, 2.45) is 5.92 Å². The summed E-state index contributed by atoms with van der Waals surface area (Å²) in [4.78, 5) is 37.6. The van der Waals surface area contributed by atoms with Crippen molar-refractivity contribution in [2.45, 2.75) is 45.3 Å². The van der Waals surface area contributed by atoms with E-state index in [0.29, 0.717) is 25.1 Å². The number of ether oxygens (including phenoxy) is 1.